The van der Waals surface area contributed by atoms with E-state index in [-0.39, 0.29) is 23.1 Å². The molecular formula is C46H58N4O17P2. The summed E-state index contributed by atoms with van der Waals surface area (Å²) in [5.41, 5.74) is 0.532. The van der Waals surface area contributed by atoms with E-state index in [4.69, 9.17) is 18.5 Å². The summed E-state index contributed by atoms with van der Waals surface area (Å²) in [4.78, 5) is 111. The lowest BCUT2D eigenvalue weighted by molar-refractivity contribution is -0.143. The maximum absolute atomic E-state index is 14.9. The third-order valence-corrected chi connectivity index (χ3v) is 11.9. The molecule has 0 aliphatic heterocycles. The summed E-state index contributed by atoms with van der Waals surface area (Å²) in [6.45, 7) is 6.14. The molecule has 0 aliphatic rings. The van der Waals surface area contributed by atoms with E-state index in [1.165, 1.54) is 101 Å². The summed E-state index contributed by atoms with van der Waals surface area (Å²) in [6, 6.07) is 16.5. The minimum Gasteiger partial charge on any atom is -0.497 e. The van der Waals surface area contributed by atoms with Crippen LogP contribution in [0.15, 0.2) is 109 Å². The summed E-state index contributed by atoms with van der Waals surface area (Å²) in [5, 5.41) is 31.1. The third-order valence-electron chi connectivity index (χ3n) is 10.8. The Morgan fingerprint density at radius 3 is 1.30 bits per heavy atom. The number of Topliss-reactive ketones (excluding diaryl/α,β-unsaturated/α-hetero) is 1. The number of hydrogen-bond donors (Lipinski definition) is 10. The number of ketones is 1. The van der Waals surface area contributed by atoms with Crippen molar-refractivity contribution in [2.75, 3.05) is 14.2 Å². The standard InChI is InChI=1S/C46H58N4O17P2/c1-26(2)35(43(52)49-37(45(54)55)29-17-21-32(64-5)22-18-29)47-34(25-28-13-9-7-10-14-28)41(66-68(58,59)60)42(67-69(61,62)63)39(40(51)31-15-11-8-12-16-31)48-36(27(3)4)44(53)50-38(46(56)57)30-19-23-33(65-6)24-20-30/h7-24,26-27,34-39,41-42,47-48H,25H2,1-6H3,(H,49,52)(H,50,53)(H,54,55)(H,56,57)(H2,58,59,60)(H2,61,62,63). The van der Waals surface area contributed by atoms with Crippen molar-refractivity contribution < 1.29 is 81.4 Å². The molecule has 0 saturated carbocycles. The zero-order valence-electron chi connectivity index (χ0n) is 38.4. The number of carboxylic acids is 2. The fraction of sp³-hybridized carbons (Fsp3) is 0.370. The number of carbonyl (C=O) groups is 5. The van der Waals surface area contributed by atoms with Gasteiger partial charge in [0.2, 0.25) is 11.8 Å². The van der Waals surface area contributed by atoms with Crippen LogP contribution >= 0.6 is 15.6 Å². The Hall–Kier alpha value is -5.83. The van der Waals surface area contributed by atoms with Crippen LogP contribution < -0.4 is 30.7 Å². The molecule has 23 heteroatoms. The first-order chi connectivity index (χ1) is 32.4. The van der Waals surface area contributed by atoms with E-state index < -0.39 is 105 Å². The van der Waals surface area contributed by atoms with Gasteiger partial charge in [-0.15, -0.1) is 0 Å². The van der Waals surface area contributed by atoms with Crippen molar-refractivity contribution in [1.29, 1.82) is 0 Å². The van der Waals surface area contributed by atoms with Crippen molar-refractivity contribution in [2.24, 2.45) is 11.8 Å². The SMILES string of the molecule is COc1ccc(C(NC(=O)C(NC(Cc2ccccc2)C(OP(=O)(O)O)C(OP(=O)(O)O)C(NC(C(=O)NC(C(=O)O)c2ccc(OC)cc2)C(C)C)C(=O)c2ccccc2)C(C)C)C(=O)O)cc1. The van der Waals surface area contributed by atoms with Crippen molar-refractivity contribution in [3.8, 4) is 11.5 Å². The van der Waals surface area contributed by atoms with Crippen LogP contribution in [-0.4, -0.2) is 110 Å². The Morgan fingerprint density at radius 2 is 0.928 bits per heavy atom. The summed E-state index contributed by atoms with van der Waals surface area (Å²) in [7, 11) is -8.86. The molecule has 0 radical (unpaired) electrons. The van der Waals surface area contributed by atoms with Gasteiger partial charge in [0.05, 0.1) is 26.3 Å². The van der Waals surface area contributed by atoms with Crippen LogP contribution in [0, 0.1) is 11.8 Å². The predicted octanol–water partition coefficient (Wildman–Crippen LogP) is 3.93. The van der Waals surface area contributed by atoms with Gasteiger partial charge in [-0.2, -0.15) is 0 Å². The van der Waals surface area contributed by atoms with Gasteiger partial charge in [0.15, 0.2) is 17.9 Å². The number of hydrogen-bond acceptors (Lipinski definition) is 13. The lowest BCUT2D eigenvalue weighted by Crippen LogP contribution is -2.64. The number of carboxylic acid groups (broad SMARTS) is 2. The van der Waals surface area contributed by atoms with E-state index >= 15 is 0 Å². The molecule has 0 heterocycles. The van der Waals surface area contributed by atoms with Gasteiger partial charge in [-0.25, -0.2) is 18.7 Å². The van der Waals surface area contributed by atoms with Gasteiger partial charge in [-0.1, -0.05) is 113 Å². The molecule has 0 aromatic heterocycles. The molecule has 2 amide bonds. The third kappa shape index (κ3) is 16.7. The normalized spacial score (nSPS) is 15.4. The summed E-state index contributed by atoms with van der Waals surface area (Å²) >= 11 is 0. The van der Waals surface area contributed by atoms with Crippen LogP contribution in [-0.2, 0) is 43.8 Å². The summed E-state index contributed by atoms with van der Waals surface area (Å²) < 4.78 is 47.3. The topological polar surface area (TPSA) is 326 Å². The monoisotopic (exact) mass is 1000 g/mol. The molecule has 0 bridgehead atoms. The largest absolute Gasteiger partial charge is 0.497 e. The number of rotatable bonds is 27. The summed E-state index contributed by atoms with van der Waals surface area (Å²) in [6.07, 6.45) is -5.16. The number of amides is 2. The number of methoxy groups -OCH3 is 2. The molecule has 374 valence electrons. The van der Waals surface area contributed by atoms with Gasteiger partial charge in [0.1, 0.15) is 29.7 Å². The van der Waals surface area contributed by atoms with E-state index in [2.05, 4.69) is 21.3 Å². The maximum atomic E-state index is 14.9. The average Bonchev–Trinajstić information content (AvgIpc) is 3.29. The van der Waals surface area contributed by atoms with Crippen LogP contribution in [0.4, 0.5) is 0 Å². The van der Waals surface area contributed by atoms with Crippen molar-refractivity contribution in [3.63, 3.8) is 0 Å². The highest BCUT2D eigenvalue weighted by atomic mass is 31.2. The molecule has 4 rings (SSSR count). The van der Waals surface area contributed by atoms with Gasteiger partial charge in [0.25, 0.3) is 0 Å². The highest BCUT2D eigenvalue weighted by Gasteiger charge is 2.49. The van der Waals surface area contributed by atoms with E-state index in [9.17, 15) is 62.9 Å². The first kappa shape index (κ1) is 55.8. The van der Waals surface area contributed by atoms with Gasteiger partial charge < -0.3 is 49.9 Å². The van der Waals surface area contributed by atoms with Crippen molar-refractivity contribution in [2.45, 2.75) is 82.6 Å². The molecule has 0 spiro atoms. The predicted molar refractivity (Wildman–Crippen MR) is 249 cm³/mol. The number of nitrogens with one attached hydrogen (secondary N) is 4. The quantitative estimate of drug-likeness (QED) is 0.0299. The van der Waals surface area contributed by atoms with E-state index in [1.54, 1.807) is 50.2 Å². The number of benzene rings is 4. The first-order valence-corrected chi connectivity index (χ1v) is 24.5. The highest BCUT2D eigenvalue weighted by Crippen LogP contribution is 2.45. The lowest BCUT2D eigenvalue weighted by Gasteiger charge is -2.40. The van der Waals surface area contributed by atoms with Crippen LogP contribution in [0.1, 0.15) is 66.8 Å². The maximum Gasteiger partial charge on any atom is 0.470 e. The lowest BCUT2D eigenvalue weighted by atomic mass is 9.88. The van der Waals surface area contributed by atoms with E-state index in [0.717, 1.165) is 0 Å². The van der Waals surface area contributed by atoms with Crippen LogP contribution in [0.25, 0.3) is 0 Å². The second-order valence-electron chi connectivity index (χ2n) is 16.5. The molecular weight excluding hydrogens is 942 g/mol. The van der Waals surface area contributed by atoms with Gasteiger partial charge in [-0.05, 0) is 59.2 Å². The van der Waals surface area contributed by atoms with Crippen molar-refractivity contribution >= 4 is 45.2 Å². The Bertz CT molecular complexity index is 2440. The number of aliphatic carboxylic acids is 2. The average molecular weight is 1000 g/mol. The van der Waals surface area contributed by atoms with Crippen LogP contribution in [0.3, 0.4) is 0 Å². The van der Waals surface area contributed by atoms with Gasteiger partial charge in [0, 0.05) is 11.6 Å². The van der Waals surface area contributed by atoms with Crippen molar-refractivity contribution in [3.05, 3.63) is 131 Å². The Balaban J connectivity index is 1.93. The van der Waals surface area contributed by atoms with Crippen LogP contribution in [0.5, 0.6) is 11.5 Å². The Morgan fingerprint density at radius 1 is 0.536 bits per heavy atom. The molecule has 0 fully saturated rings. The molecule has 8 unspecified atom stereocenters. The number of phosphoric acid groups is 2. The number of ether oxygens (including phenoxy) is 2. The first-order valence-electron chi connectivity index (χ1n) is 21.4. The minimum atomic E-state index is -5.86. The Labute approximate surface area is 398 Å². The fourth-order valence-corrected chi connectivity index (χ4v) is 8.57. The zero-order valence-corrected chi connectivity index (χ0v) is 40.2. The van der Waals surface area contributed by atoms with E-state index in [0.29, 0.717) is 17.1 Å². The number of carbonyl (C=O) groups excluding carboxylic acids is 3. The van der Waals surface area contributed by atoms with Gasteiger partial charge >= 0.3 is 27.6 Å². The second kappa shape index (κ2) is 25.2. The summed E-state index contributed by atoms with van der Waals surface area (Å²) in [5.74, 6) is -6.75. The molecule has 21 nitrogen and oxygen atoms in total. The second-order valence-corrected chi connectivity index (χ2v) is 18.9. The minimum absolute atomic E-state index is 0.117. The Kier molecular flexibility index (Phi) is 20.3. The smallest absolute Gasteiger partial charge is 0.470 e. The fourth-order valence-electron chi connectivity index (χ4n) is 7.43. The molecule has 0 saturated heterocycles. The number of phosphoric ester groups is 2. The molecule has 4 aromatic rings. The molecule has 0 aliphatic carbocycles. The van der Waals surface area contributed by atoms with Crippen molar-refractivity contribution in [1.82, 2.24) is 21.3 Å². The molecule has 10 N–H and O–H groups in total. The van der Waals surface area contributed by atoms with Crippen LogP contribution in [0.2, 0.25) is 0 Å². The van der Waals surface area contributed by atoms with E-state index in [1.807, 2.05) is 0 Å². The zero-order chi connectivity index (χ0) is 51.2. The molecule has 4 aromatic carbocycles. The molecule has 69 heavy (non-hydrogen) atoms. The van der Waals surface area contributed by atoms with Gasteiger partial charge in [-0.3, -0.25) is 34.1 Å². The highest BCUT2D eigenvalue weighted by molar-refractivity contribution is 7.46. The molecule has 8 atom stereocenters.